The fraction of sp³-hybridized carbons (Fsp3) is 0.600. The van der Waals surface area contributed by atoms with Crippen LogP contribution < -0.4 is 5.73 Å². The van der Waals surface area contributed by atoms with Crippen LogP contribution >= 0.6 is 0 Å². The molecule has 2 fully saturated rings. The number of benzene rings is 1. The molecular formula is C20H28N4O. The minimum atomic E-state index is -0.343. The van der Waals surface area contributed by atoms with Crippen LogP contribution in [0, 0.1) is 5.92 Å². The molecule has 1 atom stereocenters. The quantitative estimate of drug-likeness (QED) is 0.903. The van der Waals surface area contributed by atoms with Gasteiger partial charge in [-0.3, -0.25) is 4.90 Å². The number of nitrogens with two attached hydrogens (primary N) is 1. The summed E-state index contributed by atoms with van der Waals surface area (Å²) in [5.41, 5.74) is 7.41. The van der Waals surface area contributed by atoms with Gasteiger partial charge in [-0.25, -0.2) is 0 Å². The third kappa shape index (κ3) is 3.48. The molecule has 0 amide bonds. The van der Waals surface area contributed by atoms with Gasteiger partial charge in [0.25, 0.3) is 0 Å². The van der Waals surface area contributed by atoms with E-state index < -0.39 is 0 Å². The van der Waals surface area contributed by atoms with Gasteiger partial charge in [0.15, 0.2) is 5.82 Å². The molecule has 5 heteroatoms. The molecule has 1 saturated carbocycles. The molecule has 2 heterocycles. The van der Waals surface area contributed by atoms with Crippen LogP contribution in [0.2, 0.25) is 0 Å². The van der Waals surface area contributed by atoms with Crippen LogP contribution in [0.3, 0.4) is 0 Å². The fourth-order valence-corrected chi connectivity index (χ4v) is 4.04. The van der Waals surface area contributed by atoms with E-state index in [-0.39, 0.29) is 11.6 Å². The maximum Gasteiger partial charge on any atom is 0.243 e. The van der Waals surface area contributed by atoms with E-state index in [2.05, 4.69) is 52.3 Å². The Kier molecular flexibility index (Phi) is 4.61. The zero-order chi connectivity index (χ0) is 17.3. The normalized spacial score (nSPS) is 22.5. The Bertz CT molecular complexity index is 687. The van der Waals surface area contributed by atoms with Crippen molar-refractivity contribution in [1.82, 2.24) is 15.0 Å². The molecule has 1 aliphatic carbocycles. The average Bonchev–Trinajstić information content (AvgIpc) is 3.11. The van der Waals surface area contributed by atoms with E-state index in [0.29, 0.717) is 11.7 Å². The Morgan fingerprint density at radius 1 is 1.24 bits per heavy atom. The molecule has 25 heavy (non-hydrogen) atoms. The van der Waals surface area contributed by atoms with Gasteiger partial charge in [0.1, 0.15) is 0 Å². The van der Waals surface area contributed by atoms with Crippen LogP contribution in [0.15, 0.2) is 34.9 Å². The van der Waals surface area contributed by atoms with E-state index in [1.807, 2.05) is 0 Å². The summed E-state index contributed by atoms with van der Waals surface area (Å²) in [6.45, 7) is 4.34. The van der Waals surface area contributed by atoms with Crippen LogP contribution in [0.4, 0.5) is 0 Å². The first-order chi connectivity index (χ1) is 12.1. The van der Waals surface area contributed by atoms with Gasteiger partial charge in [0.2, 0.25) is 5.89 Å². The van der Waals surface area contributed by atoms with Crippen molar-refractivity contribution in [3.8, 4) is 0 Å². The first-order valence-corrected chi connectivity index (χ1v) is 9.55. The SMILES string of the molecule is CC(c1nc(C2(N)CCC2)no1)N1CCC(Cc2ccccc2)CC1. The Morgan fingerprint density at radius 2 is 1.96 bits per heavy atom. The maximum atomic E-state index is 6.31. The number of piperidine rings is 1. The van der Waals surface area contributed by atoms with Gasteiger partial charge in [-0.05, 0) is 70.0 Å². The Labute approximate surface area is 149 Å². The molecule has 1 aliphatic heterocycles. The summed E-state index contributed by atoms with van der Waals surface area (Å²) in [5, 5.41) is 4.16. The lowest BCUT2D eigenvalue weighted by atomic mass is 9.77. The van der Waals surface area contributed by atoms with Gasteiger partial charge < -0.3 is 10.3 Å². The highest BCUT2D eigenvalue weighted by molar-refractivity contribution is 5.15. The van der Waals surface area contributed by atoms with Crippen LogP contribution in [-0.4, -0.2) is 28.1 Å². The van der Waals surface area contributed by atoms with Crippen molar-refractivity contribution in [2.75, 3.05) is 13.1 Å². The van der Waals surface area contributed by atoms with E-state index in [9.17, 15) is 0 Å². The second kappa shape index (κ2) is 6.89. The Morgan fingerprint density at radius 3 is 2.60 bits per heavy atom. The van der Waals surface area contributed by atoms with Crippen LogP contribution in [0.5, 0.6) is 0 Å². The molecular weight excluding hydrogens is 312 g/mol. The number of hydrogen-bond donors (Lipinski definition) is 1. The highest BCUT2D eigenvalue weighted by Gasteiger charge is 2.39. The van der Waals surface area contributed by atoms with Crippen molar-refractivity contribution >= 4 is 0 Å². The lowest BCUT2D eigenvalue weighted by Crippen LogP contribution is -2.44. The van der Waals surface area contributed by atoms with Crippen molar-refractivity contribution in [2.24, 2.45) is 11.7 Å². The van der Waals surface area contributed by atoms with E-state index in [4.69, 9.17) is 10.3 Å². The number of rotatable bonds is 5. The smallest absolute Gasteiger partial charge is 0.243 e. The molecule has 0 bridgehead atoms. The third-order valence-electron chi connectivity index (χ3n) is 6.05. The van der Waals surface area contributed by atoms with E-state index in [1.165, 1.54) is 24.8 Å². The molecule has 1 saturated heterocycles. The molecule has 4 rings (SSSR count). The molecule has 0 radical (unpaired) electrons. The van der Waals surface area contributed by atoms with Gasteiger partial charge in [0.05, 0.1) is 11.6 Å². The monoisotopic (exact) mass is 340 g/mol. The van der Waals surface area contributed by atoms with Gasteiger partial charge >= 0.3 is 0 Å². The number of nitrogens with zero attached hydrogens (tertiary/aromatic N) is 3. The topological polar surface area (TPSA) is 68.2 Å². The van der Waals surface area contributed by atoms with E-state index >= 15 is 0 Å². The first-order valence-electron chi connectivity index (χ1n) is 9.55. The second-order valence-electron chi connectivity index (χ2n) is 7.81. The van der Waals surface area contributed by atoms with Crippen LogP contribution in [0.1, 0.15) is 62.3 Å². The summed E-state index contributed by atoms with van der Waals surface area (Å²) < 4.78 is 5.54. The highest BCUT2D eigenvalue weighted by atomic mass is 16.5. The summed E-state index contributed by atoms with van der Waals surface area (Å²) in [7, 11) is 0. The molecule has 2 N–H and O–H groups in total. The van der Waals surface area contributed by atoms with Crippen molar-refractivity contribution in [1.29, 1.82) is 0 Å². The van der Waals surface area contributed by atoms with Gasteiger partial charge in [-0.2, -0.15) is 4.98 Å². The van der Waals surface area contributed by atoms with Crippen LogP contribution in [0.25, 0.3) is 0 Å². The summed E-state index contributed by atoms with van der Waals surface area (Å²) in [4.78, 5) is 7.08. The molecule has 0 spiro atoms. The lowest BCUT2D eigenvalue weighted by molar-refractivity contribution is 0.119. The van der Waals surface area contributed by atoms with E-state index in [1.54, 1.807) is 0 Å². The summed E-state index contributed by atoms with van der Waals surface area (Å²) in [5.74, 6) is 2.18. The van der Waals surface area contributed by atoms with Crippen molar-refractivity contribution in [2.45, 2.75) is 57.0 Å². The molecule has 2 aliphatic rings. The molecule has 5 nitrogen and oxygen atoms in total. The second-order valence-corrected chi connectivity index (χ2v) is 7.81. The highest BCUT2D eigenvalue weighted by Crippen LogP contribution is 2.37. The number of likely N-dealkylation sites (tertiary alicyclic amines) is 1. The minimum Gasteiger partial charge on any atom is -0.338 e. The predicted octanol–water partition coefficient (Wildman–Crippen LogP) is 3.42. The number of aromatic nitrogens is 2. The largest absolute Gasteiger partial charge is 0.338 e. The molecule has 1 aromatic carbocycles. The average molecular weight is 340 g/mol. The van der Waals surface area contributed by atoms with Crippen molar-refractivity contribution in [3.63, 3.8) is 0 Å². The van der Waals surface area contributed by atoms with Crippen molar-refractivity contribution in [3.05, 3.63) is 47.6 Å². The zero-order valence-electron chi connectivity index (χ0n) is 15.0. The predicted molar refractivity (Wildman–Crippen MR) is 96.9 cm³/mol. The van der Waals surface area contributed by atoms with Crippen LogP contribution in [-0.2, 0) is 12.0 Å². The summed E-state index contributed by atoms with van der Waals surface area (Å²) >= 11 is 0. The molecule has 1 unspecified atom stereocenters. The van der Waals surface area contributed by atoms with E-state index in [0.717, 1.165) is 38.3 Å². The molecule has 134 valence electrons. The van der Waals surface area contributed by atoms with Gasteiger partial charge in [-0.1, -0.05) is 35.5 Å². The standard InChI is InChI=1S/C20H28N4O/c1-15(18-22-19(23-25-18)20(21)10-5-11-20)24-12-8-17(9-13-24)14-16-6-3-2-4-7-16/h2-4,6-7,15,17H,5,8-14,21H2,1H3. The first kappa shape index (κ1) is 16.7. The number of hydrogen-bond acceptors (Lipinski definition) is 5. The fourth-order valence-electron chi connectivity index (χ4n) is 4.04. The molecule has 2 aromatic rings. The zero-order valence-corrected chi connectivity index (χ0v) is 15.0. The summed E-state index contributed by atoms with van der Waals surface area (Å²) in [6, 6.07) is 11.0. The Hall–Kier alpha value is -1.72. The maximum absolute atomic E-state index is 6.31. The Balaban J connectivity index is 1.33. The lowest BCUT2D eigenvalue weighted by Gasteiger charge is -2.35. The molecule has 1 aromatic heterocycles. The third-order valence-corrected chi connectivity index (χ3v) is 6.05. The van der Waals surface area contributed by atoms with Gasteiger partial charge in [0, 0.05) is 0 Å². The van der Waals surface area contributed by atoms with Gasteiger partial charge in [-0.15, -0.1) is 0 Å². The minimum absolute atomic E-state index is 0.169. The summed E-state index contributed by atoms with van der Waals surface area (Å²) in [6.07, 6.45) is 6.72. The van der Waals surface area contributed by atoms with Crippen molar-refractivity contribution < 1.29 is 4.52 Å².